The van der Waals surface area contributed by atoms with E-state index in [1.165, 1.54) is 0 Å². The van der Waals surface area contributed by atoms with Crippen LogP contribution in [0.3, 0.4) is 0 Å². The van der Waals surface area contributed by atoms with Gasteiger partial charge >= 0.3 is 0 Å². The van der Waals surface area contributed by atoms with E-state index in [9.17, 15) is 0 Å². The van der Waals surface area contributed by atoms with Crippen molar-refractivity contribution in [3.63, 3.8) is 0 Å². The van der Waals surface area contributed by atoms with Crippen molar-refractivity contribution in [2.75, 3.05) is 31.2 Å². The maximum absolute atomic E-state index is 5.28. The Kier molecular flexibility index (Phi) is 2.98. The van der Waals surface area contributed by atoms with Gasteiger partial charge in [-0.1, -0.05) is 0 Å². The molecular formula is C9H12BrN3O. The van der Waals surface area contributed by atoms with E-state index in [2.05, 4.69) is 30.8 Å². The van der Waals surface area contributed by atoms with Crippen LogP contribution in [0.2, 0.25) is 0 Å². The van der Waals surface area contributed by atoms with Crippen molar-refractivity contribution >= 4 is 21.7 Å². The molecule has 5 heteroatoms. The summed E-state index contributed by atoms with van der Waals surface area (Å²) in [5.41, 5.74) is 0.980. The van der Waals surface area contributed by atoms with E-state index in [-0.39, 0.29) is 0 Å². The summed E-state index contributed by atoms with van der Waals surface area (Å²) in [7, 11) is 0. The number of hydrogen-bond donors (Lipinski definition) is 0. The summed E-state index contributed by atoms with van der Waals surface area (Å²) in [5.74, 6) is 0.979. The largest absolute Gasteiger partial charge is 0.378 e. The monoisotopic (exact) mass is 257 g/mol. The van der Waals surface area contributed by atoms with E-state index in [1.807, 2.05) is 13.0 Å². The molecule has 0 atom stereocenters. The summed E-state index contributed by atoms with van der Waals surface area (Å²) in [6.07, 6.45) is 0. The highest BCUT2D eigenvalue weighted by atomic mass is 79.9. The molecule has 14 heavy (non-hydrogen) atoms. The highest BCUT2D eigenvalue weighted by molar-refractivity contribution is 9.10. The van der Waals surface area contributed by atoms with Crippen LogP contribution in [0.4, 0.5) is 5.82 Å². The molecule has 1 aliphatic heterocycles. The average Bonchev–Trinajstić information content (AvgIpc) is 2.18. The first-order chi connectivity index (χ1) is 6.75. The zero-order chi connectivity index (χ0) is 9.97. The molecule has 76 valence electrons. The predicted molar refractivity (Wildman–Crippen MR) is 57.5 cm³/mol. The van der Waals surface area contributed by atoms with Gasteiger partial charge in [0.1, 0.15) is 5.82 Å². The summed E-state index contributed by atoms with van der Waals surface area (Å²) in [6, 6.07) is 2.00. The SMILES string of the molecule is Cc1cc(N2CCOCC2)nc(Br)n1. The molecule has 1 aromatic rings. The number of hydrogen-bond acceptors (Lipinski definition) is 4. The van der Waals surface area contributed by atoms with E-state index in [0.29, 0.717) is 4.73 Å². The van der Waals surface area contributed by atoms with Gasteiger partial charge in [-0.3, -0.25) is 0 Å². The van der Waals surface area contributed by atoms with Gasteiger partial charge in [-0.25, -0.2) is 9.97 Å². The molecule has 2 heterocycles. The minimum absolute atomic E-state index is 0.652. The Balaban J connectivity index is 2.21. The number of ether oxygens (including phenoxy) is 1. The number of aryl methyl sites for hydroxylation is 1. The first-order valence-electron chi connectivity index (χ1n) is 4.59. The van der Waals surface area contributed by atoms with Gasteiger partial charge in [0.2, 0.25) is 0 Å². The van der Waals surface area contributed by atoms with E-state index >= 15 is 0 Å². The molecule has 0 aromatic carbocycles. The first-order valence-corrected chi connectivity index (χ1v) is 5.39. The fraction of sp³-hybridized carbons (Fsp3) is 0.556. The minimum atomic E-state index is 0.652. The van der Waals surface area contributed by atoms with Crippen LogP contribution in [-0.2, 0) is 4.74 Å². The lowest BCUT2D eigenvalue weighted by Gasteiger charge is -2.27. The van der Waals surface area contributed by atoms with Crippen LogP contribution >= 0.6 is 15.9 Å². The van der Waals surface area contributed by atoms with Crippen molar-refractivity contribution < 1.29 is 4.74 Å². The van der Waals surface area contributed by atoms with Crippen LogP contribution in [0.5, 0.6) is 0 Å². The number of aromatic nitrogens is 2. The molecule has 0 bridgehead atoms. The smallest absolute Gasteiger partial charge is 0.198 e. The molecule has 0 N–H and O–H groups in total. The lowest BCUT2D eigenvalue weighted by molar-refractivity contribution is 0.122. The number of halogens is 1. The molecular weight excluding hydrogens is 246 g/mol. The predicted octanol–water partition coefficient (Wildman–Crippen LogP) is 1.38. The Morgan fingerprint density at radius 3 is 2.71 bits per heavy atom. The van der Waals surface area contributed by atoms with Gasteiger partial charge in [0.25, 0.3) is 0 Å². The van der Waals surface area contributed by atoms with Gasteiger partial charge in [-0.15, -0.1) is 0 Å². The number of morpholine rings is 1. The first kappa shape index (κ1) is 9.86. The fourth-order valence-electron chi connectivity index (χ4n) is 1.47. The summed E-state index contributed by atoms with van der Waals surface area (Å²) in [5, 5.41) is 0. The molecule has 1 aromatic heterocycles. The van der Waals surface area contributed by atoms with Gasteiger partial charge < -0.3 is 9.64 Å². The van der Waals surface area contributed by atoms with Crippen LogP contribution in [0, 0.1) is 6.92 Å². The maximum atomic E-state index is 5.28. The van der Waals surface area contributed by atoms with Crippen LogP contribution in [-0.4, -0.2) is 36.3 Å². The van der Waals surface area contributed by atoms with Crippen molar-refractivity contribution in [1.29, 1.82) is 0 Å². The van der Waals surface area contributed by atoms with E-state index in [1.54, 1.807) is 0 Å². The molecule has 0 amide bonds. The number of nitrogens with zero attached hydrogens (tertiary/aromatic N) is 3. The van der Waals surface area contributed by atoms with Gasteiger partial charge in [-0.05, 0) is 22.9 Å². The van der Waals surface area contributed by atoms with E-state index < -0.39 is 0 Å². The Hall–Kier alpha value is -0.680. The normalized spacial score (nSPS) is 17.1. The third-order valence-electron chi connectivity index (χ3n) is 2.15. The zero-order valence-corrected chi connectivity index (χ0v) is 9.62. The Morgan fingerprint density at radius 2 is 2.07 bits per heavy atom. The topological polar surface area (TPSA) is 38.2 Å². The van der Waals surface area contributed by atoms with Gasteiger partial charge in [0.15, 0.2) is 4.73 Å². The van der Waals surface area contributed by atoms with Crippen LogP contribution < -0.4 is 4.90 Å². The van der Waals surface area contributed by atoms with Crippen molar-refractivity contribution in [1.82, 2.24) is 9.97 Å². The van der Waals surface area contributed by atoms with Crippen molar-refractivity contribution in [3.05, 3.63) is 16.5 Å². The molecule has 2 rings (SSSR count). The van der Waals surface area contributed by atoms with Gasteiger partial charge in [0, 0.05) is 24.8 Å². The van der Waals surface area contributed by atoms with Crippen LogP contribution in [0.1, 0.15) is 5.69 Å². The third-order valence-corrected chi connectivity index (χ3v) is 2.50. The fourth-order valence-corrected chi connectivity index (χ4v) is 1.93. The summed E-state index contributed by atoms with van der Waals surface area (Å²) in [4.78, 5) is 10.7. The number of anilines is 1. The van der Waals surface area contributed by atoms with Crippen LogP contribution in [0.25, 0.3) is 0 Å². The highest BCUT2D eigenvalue weighted by Crippen LogP contribution is 2.16. The van der Waals surface area contributed by atoms with Crippen LogP contribution in [0.15, 0.2) is 10.8 Å². The Morgan fingerprint density at radius 1 is 1.36 bits per heavy atom. The molecule has 0 saturated carbocycles. The third kappa shape index (κ3) is 2.22. The van der Waals surface area contributed by atoms with E-state index in [4.69, 9.17) is 4.74 Å². The molecule has 1 fully saturated rings. The molecule has 1 saturated heterocycles. The molecule has 0 aliphatic carbocycles. The highest BCUT2D eigenvalue weighted by Gasteiger charge is 2.13. The maximum Gasteiger partial charge on any atom is 0.198 e. The van der Waals surface area contributed by atoms with Gasteiger partial charge in [0.05, 0.1) is 13.2 Å². The standard InChI is InChI=1S/C9H12BrN3O/c1-7-6-8(12-9(10)11-7)13-2-4-14-5-3-13/h6H,2-5H2,1H3. The molecule has 0 spiro atoms. The zero-order valence-electron chi connectivity index (χ0n) is 8.03. The molecule has 0 radical (unpaired) electrons. The molecule has 1 aliphatic rings. The van der Waals surface area contributed by atoms with Gasteiger partial charge in [-0.2, -0.15) is 0 Å². The summed E-state index contributed by atoms with van der Waals surface area (Å²) in [6.45, 7) is 5.34. The van der Waals surface area contributed by atoms with Crippen molar-refractivity contribution in [2.24, 2.45) is 0 Å². The molecule has 0 unspecified atom stereocenters. The Bertz CT molecular complexity index is 306. The molecule has 4 nitrogen and oxygen atoms in total. The minimum Gasteiger partial charge on any atom is -0.378 e. The summed E-state index contributed by atoms with van der Waals surface area (Å²) < 4.78 is 5.94. The van der Waals surface area contributed by atoms with E-state index in [0.717, 1.165) is 37.8 Å². The second-order valence-electron chi connectivity index (χ2n) is 3.24. The summed E-state index contributed by atoms with van der Waals surface area (Å²) >= 11 is 3.30. The lowest BCUT2D eigenvalue weighted by Crippen LogP contribution is -2.36. The average molecular weight is 258 g/mol. The second-order valence-corrected chi connectivity index (χ2v) is 3.95. The van der Waals surface area contributed by atoms with Crippen molar-refractivity contribution in [2.45, 2.75) is 6.92 Å². The quantitative estimate of drug-likeness (QED) is 0.713. The second kappa shape index (κ2) is 4.23. The lowest BCUT2D eigenvalue weighted by atomic mass is 10.3. The number of rotatable bonds is 1. The van der Waals surface area contributed by atoms with Crippen molar-refractivity contribution in [3.8, 4) is 0 Å². The Labute approximate surface area is 91.4 Å².